The maximum Gasteiger partial charge on any atom is 0.335 e. The van der Waals surface area contributed by atoms with Crippen LogP contribution in [0, 0.1) is 13.8 Å². The van der Waals surface area contributed by atoms with Crippen LogP contribution in [-0.4, -0.2) is 86.8 Å². The largest absolute Gasteiger partial charge is 0.478 e. The molecule has 0 spiro atoms. The van der Waals surface area contributed by atoms with Crippen molar-refractivity contribution in [1.82, 2.24) is 20.4 Å². The molecule has 2 heterocycles. The fraction of sp³-hybridized carbons (Fsp3) is 0.0526. The Morgan fingerprint density at radius 3 is 0.778 bits per heavy atom. The number of rotatable bonds is 8. The zero-order chi connectivity index (χ0) is 39.9. The number of aromatic carboxylic acids is 6. The van der Waals surface area contributed by atoms with Gasteiger partial charge in [-0.1, -0.05) is 60.7 Å². The molecule has 16 nitrogen and oxygen atoms in total. The molecule has 0 saturated carbocycles. The highest BCUT2D eigenvalue weighted by Crippen LogP contribution is 2.17. The third-order valence-electron chi connectivity index (χ3n) is 6.90. The van der Waals surface area contributed by atoms with E-state index in [0.29, 0.717) is 0 Å². The van der Waals surface area contributed by atoms with Gasteiger partial charge in [0.05, 0.1) is 44.8 Å². The highest BCUT2D eigenvalue weighted by molar-refractivity contribution is 6.00. The molecular formula is C38H32N4O12. The first kappa shape index (κ1) is 40.5. The first-order valence-electron chi connectivity index (χ1n) is 15.4. The van der Waals surface area contributed by atoms with E-state index in [1.54, 1.807) is 0 Å². The van der Waals surface area contributed by atoms with Gasteiger partial charge >= 0.3 is 35.8 Å². The van der Waals surface area contributed by atoms with Crippen molar-refractivity contribution in [1.29, 1.82) is 0 Å². The van der Waals surface area contributed by atoms with Crippen LogP contribution in [-0.2, 0) is 0 Å². The van der Waals surface area contributed by atoms with E-state index in [1.807, 2.05) is 62.4 Å². The molecule has 0 aliphatic carbocycles. The first-order chi connectivity index (χ1) is 25.5. The molecule has 54 heavy (non-hydrogen) atoms. The first-order valence-corrected chi connectivity index (χ1v) is 15.4. The third kappa shape index (κ3) is 12.2. The summed E-state index contributed by atoms with van der Waals surface area (Å²) in [6, 6.07) is 29.7. The molecule has 276 valence electrons. The van der Waals surface area contributed by atoms with Crippen molar-refractivity contribution in [3.8, 4) is 22.5 Å². The molecule has 0 fully saturated rings. The zero-order valence-electron chi connectivity index (χ0n) is 28.4. The summed E-state index contributed by atoms with van der Waals surface area (Å²) in [6.07, 6.45) is 0. The molecule has 2 aromatic heterocycles. The van der Waals surface area contributed by atoms with Gasteiger partial charge in [-0.15, -0.1) is 0 Å². The number of aryl methyl sites for hydroxylation is 2. The maximum absolute atomic E-state index is 10.6. The highest BCUT2D eigenvalue weighted by Gasteiger charge is 2.15. The molecule has 0 radical (unpaired) electrons. The van der Waals surface area contributed by atoms with Crippen molar-refractivity contribution >= 4 is 35.8 Å². The number of benzene rings is 4. The van der Waals surface area contributed by atoms with Gasteiger partial charge in [-0.3, -0.25) is 10.2 Å². The number of nitrogens with one attached hydrogen (secondary N) is 2. The van der Waals surface area contributed by atoms with E-state index in [2.05, 4.69) is 44.7 Å². The van der Waals surface area contributed by atoms with Crippen LogP contribution in [0.3, 0.4) is 0 Å². The maximum atomic E-state index is 10.6. The van der Waals surface area contributed by atoms with Crippen molar-refractivity contribution in [2.75, 3.05) is 0 Å². The summed E-state index contributed by atoms with van der Waals surface area (Å²) < 4.78 is 0. The summed E-state index contributed by atoms with van der Waals surface area (Å²) in [4.78, 5) is 63.4. The van der Waals surface area contributed by atoms with Crippen molar-refractivity contribution in [2.24, 2.45) is 0 Å². The molecule has 6 rings (SSSR count). The minimum atomic E-state index is -1.37. The summed E-state index contributed by atoms with van der Waals surface area (Å²) in [5.74, 6) is -8.25. The molecule has 0 aliphatic heterocycles. The van der Waals surface area contributed by atoms with Gasteiger partial charge in [-0.2, -0.15) is 10.2 Å². The smallest absolute Gasteiger partial charge is 0.335 e. The number of hydrogen-bond acceptors (Lipinski definition) is 8. The van der Waals surface area contributed by atoms with Gasteiger partial charge in [0.15, 0.2) is 0 Å². The number of hydrogen-bond donors (Lipinski definition) is 8. The van der Waals surface area contributed by atoms with Crippen molar-refractivity contribution in [3.63, 3.8) is 0 Å². The molecular weight excluding hydrogens is 704 g/mol. The molecule has 0 atom stereocenters. The van der Waals surface area contributed by atoms with Crippen LogP contribution in [0.1, 0.15) is 73.5 Å². The van der Waals surface area contributed by atoms with Gasteiger partial charge in [-0.25, -0.2) is 28.8 Å². The van der Waals surface area contributed by atoms with E-state index in [1.165, 1.54) is 0 Å². The molecule has 0 unspecified atom stereocenters. The van der Waals surface area contributed by atoms with E-state index in [-0.39, 0.29) is 33.4 Å². The normalized spacial score (nSPS) is 9.81. The predicted octanol–water partition coefficient (Wildman–Crippen LogP) is 6.33. The van der Waals surface area contributed by atoms with Crippen LogP contribution in [0.2, 0.25) is 0 Å². The second kappa shape index (κ2) is 18.9. The van der Waals surface area contributed by atoms with E-state index in [9.17, 15) is 28.8 Å². The Morgan fingerprint density at radius 2 is 0.611 bits per heavy atom. The Bertz CT molecular complexity index is 1960. The van der Waals surface area contributed by atoms with Crippen molar-refractivity contribution in [2.45, 2.75) is 13.8 Å². The molecule has 0 aliphatic rings. The lowest BCUT2D eigenvalue weighted by Crippen LogP contribution is -2.07. The molecule has 0 saturated heterocycles. The van der Waals surface area contributed by atoms with Gasteiger partial charge in [0.2, 0.25) is 0 Å². The van der Waals surface area contributed by atoms with Crippen molar-refractivity contribution < 1.29 is 59.4 Å². The number of carbonyl (C=O) groups is 6. The molecule has 0 bridgehead atoms. The number of carboxylic acids is 6. The van der Waals surface area contributed by atoms with Crippen LogP contribution in [0.15, 0.2) is 109 Å². The van der Waals surface area contributed by atoms with E-state index in [4.69, 9.17) is 30.6 Å². The second-order valence-electron chi connectivity index (χ2n) is 11.0. The van der Waals surface area contributed by atoms with Crippen LogP contribution < -0.4 is 0 Å². The van der Waals surface area contributed by atoms with Gasteiger partial charge in [0.1, 0.15) is 0 Å². The minimum Gasteiger partial charge on any atom is -0.478 e. The predicted molar refractivity (Wildman–Crippen MR) is 192 cm³/mol. The van der Waals surface area contributed by atoms with Gasteiger partial charge in [0.25, 0.3) is 0 Å². The molecule has 6 aromatic rings. The van der Waals surface area contributed by atoms with Crippen LogP contribution in [0.25, 0.3) is 22.5 Å². The van der Waals surface area contributed by atoms with Gasteiger partial charge in [0, 0.05) is 22.5 Å². The Balaban J connectivity index is 0.000000194. The number of nitrogens with zero attached hydrogens (tertiary/aromatic N) is 2. The zero-order valence-corrected chi connectivity index (χ0v) is 28.4. The topological polar surface area (TPSA) is 281 Å². The summed E-state index contributed by atoms with van der Waals surface area (Å²) in [6.45, 7) is 4.00. The summed E-state index contributed by atoms with van der Waals surface area (Å²) in [5.41, 5.74) is 4.30. The van der Waals surface area contributed by atoms with Crippen LogP contribution in [0.5, 0.6) is 0 Å². The average Bonchev–Trinajstić information content (AvgIpc) is 3.80. The highest BCUT2D eigenvalue weighted by atomic mass is 16.4. The van der Waals surface area contributed by atoms with E-state index < -0.39 is 35.8 Å². The lowest BCUT2D eigenvalue weighted by molar-refractivity contribution is 0.0666. The third-order valence-corrected chi connectivity index (χ3v) is 6.90. The minimum absolute atomic E-state index is 0.368. The standard InChI is InChI=1S/2C10H10N2.2C9H6O6/c2*1-8-7-10(12-11-8)9-5-3-2-4-6-9;2*10-7(11)4-1-5(8(12)13)3-6(2-4)9(14)15/h2*2-7H,1H3,(H,11,12);2*1-3H,(H,10,11)(H,12,13)(H,14,15). The number of H-pyrrole nitrogens is 2. The van der Waals surface area contributed by atoms with Gasteiger partial charge in [-0.05, 0) is 62.4 Å². The molecule has 16 heteroatoms. The van der Waals surface area contributed by atoms with Gasteiger partial charge < -0.3 is 30.6 Å². The van der Waals surface area contributed by atoms with Crippen LogP contribution >= 0.6 is 0 Å². The van der Waals surface area contributed by atoms with Crippen LogP contribution in [0.4, 0.5) is 0 Å². The monoisotopic (exact) mass is 736 g/mol. The van der Waals surface area contributed by atoms with E-state index >= 15 is 0 Å². The lowest BCUT2D eigenvalue weighted by atomic mass is 10.1. The van der Waals surface area contributed by atoms with E-state index in [0.717, 1.165) is 70.3 Å². The lowest BCUT2D eigenvalue weighted by Gasteiger charge is -2.00. The summed E-state index contributed by atoms with van der Waals surface area (Å²) in [7, 11) is 0. The fourth-order valence-electron chi connectivity index (χ4n) is 4.35. The Labute approximate surface area is 305 Å². The average molecular weight is 737 g/mol. The summed E-state index contributed by atoms with van der Waals surface area (Å²) in [5, 5.41) is 65.8. The Hall–Kier alpha value is -7.88. The summed E-state index contributed by atoms with van der Waals surface area (Å²) >= 11 is 0. The number of carboxylic acid groups (broad SMARTS) is 6. The SMILES string of the molecule is Cc1cc(-c2ccccc2)n[nH]1.Cc1cc(-c2ccccc2)n[nH]1.O=C(O)c1cc(C(=O)O)cc(C(=O)O)c1.O=C(O)c1cc(C(=O)O)cc(C(=O)O)c1. The molecule has 8 N–H and O–H groups in total. The Morgan fingerprint density at radius 1 is 0.389 bits per heavy atom. The number of aromatic nitrogens is 4. The number of aromatic amines is 2. The Kier molecular flexibility index (Phi) is 14.2. The van der Waals surface area contributed by atoms with Crippen molar-refractivity contribution in [3.05, 3.63) is 154 Å². The fourth-order valence-corrected chi connectivity index (χ4v) is 4.35. The molecule has 4 aromatic carbocycles. The molecule has 0 amide bonds. The second-order valence-corrected chi connectivity index (χ2v) is 11.0. The quantitative estimate of drug-likeness (QED) is 0.0847.